The van der Waals surface area contributed by atoms with Crippen LogP contribution in [0.4, 0.5) is 5.69 Å². The minimum atomic E-state index is -0.553. The van der Waals surface area contributed by atoms with Crippen molar-refractivity contribution in [2.24, 2.45) is 5.10 Å². The number of anilines is 1. The lowest BCUT2D eigenvalue weighted by Gasteiger charge is -2.20. The third kappa shape index (κ3) is 5.67. The number of amides is 1. The van der Waals surface area contributed by atoms with E-state index in [2.05, 4.69) is 39.2 Å². The van der Waals surface area contributed by atoms with Crippen LogP contribution in [0.15, 0.2) is 39.0 Å². The molecule has 0 aliphatic carbocycles. The van der Waals surface area contributed by atoms with Gasteiger partial charge in [0.05, 0.1) is 6.21 Å². The lowest BCUT2D eigenvalue weighted by molar-refractivity contribution is -0.121. The standard InChI is InChI=1S/C19H25N5O3/c1-4-24(5-2)15-8-6-14(7-9-15)12-20-23-17(25)11-10-16-13(3)21-19(27)22-18(16)26/h6-9,12H,4-5,10-11H2,1-3H3,(H,23,25)(H2,21,22,26,27)/b20-12+. The Bertz CT molecular complexity index is 908. The summed E-state index contributed by atoms with van der Waals surface area (Å²) in [4.78, 5) is 41.7. The smallest absolute Gasteiger partial charge is 0.325 e. The molecule has 1 amide bonds. The molecule has 1 aromatic heterocycles. The molecular formula is C19H25N5O3. The van der Waals surface area contributed by atoms with Gasteiger partial charge in [-0.15, -0.1) is 0 Å². The number of nitrogens with one attached hydrogen (secondary N) is 3. The van der Waals surface area contributed by atoms with Gasteiger partial charge in [0.2, 0.25) is 5.91 Å². The van der Waals surface area contributed by atoms with E-state index in [-0.39, 0.29) is 18.7 Å². The highest BCUT2D eigenvalue weighted by Gasteiger charge is 2.08. The molecule has 0 saturated carbocycles. The molecule has 0 unspecified atom stereocenters. The van der Waals surface area contributed by atoms with Crippen LogP contribution >= 0.6 is 0 Å². The summed E-state index contributed by atoms with van der Waals surface area (Å²) in [6.07, 6.45) is 1.88. The fourth-order valence-corrected chi connectivity index (χ4v) is 2.76. The van der Waals surface area contributed by atoms with Crippen molar-refractivity contribution in [1.82, 2.24) is 15.4 Å². The van der Waals surface area contributed by atoms with Gasteiger partial charge >= 0.3 is 5.69 Å². The van der Waals surface area contributed by atoms with E-state index in [1.54, 1.807) is 13.1 Å². The molecule has 0 bridgehead atoms. The maximum Gasteiger partial charge on any atom is 0.325 e. The van der Waals surface area contributed by atoms with Crippen molar-refractivity contribution in [3.05, 3.63) is 61.9 Å². The summed E-state index contributed by atoms with van der Waals surface area (Å²) < 4.78 is 0. The molecule has 8 nitrogen and oxygen atoms in total. The Labute approximate surface area is 157 Å². The minimum absolute atomic E-state index is 0.0915. The van der Waals surface area contributed by atoms with Gasteiger partial charge in [-0.1, -0.05) is 12.1 Å². The molecule has 0 spiro atoms. The van der Waals surface area contributed by atoms with E-state index < -0.39 is 11.2 Å². The average molecular weight is 371 g/mol. The summed E-state index contributed by atoms with van der Waals surface area (Å²) in [5.74, 6) is -0.309. The Balaban J connectivity index is 1.88. The monoisotopic (exact) mass is 371 g/mol. The van der Waals surface area contributed by atoms with E-state index in [1.165, 1.54) is 0 Å². The van der Waals surface area contributed by atoms with Crippen molar-refractivity contribution >= 4 is 17.8 Å². The van der Waals surface area contributed by atoms with E-state index in [9.17, 15) is 14.4 Å². The fraction of sp³-hybridized carbons (Fsp3) is 0.368. The molecule has 1 aromatic carbocycles. The highest BCUT2D eigenvalue weighted by molar-refractivity contribution is 5.83. The summed E-state index contributed by atoms with van der Waals surface area (Å²) >= 11 is 0. The molecule has 0 saturated heterocycles. The van der Waals surface area contributed by atoms with Gasteiger partial charge in [0, 0.05) is 36.5 Å². The predicted octanol–water partition coefficient (Wildman–Crippen LogP) is 1.30. The van der Waals surface area contributed by atoms with Crippen LogP contribution in [0.1, 0.15) is 37.1 Å². The second-order valence-corrected chi connectivity index (χ2v) is 6.07. The first-order valence-electron chi connectivity index (χ1n) is 8.93. The summed E-state index contributed by atoms with van der Waals surface area (Å²) in [5, 5.41) is 3.95. The van der Waals surface area contributed by atoms with Gasteiger partial charge in [-0.05, 0) is 44.9 Å². The molecule has 0 fully saturated rings. The fourth-order valence-electron chi connectivity index (χ4n) is 2.76. The molecule has 144 valence electrons. The first-order chi connectivity index (χ1) is 12.9. The average Bonchev–Trinajstić information content (AvgIpc) is 2.63. The Morgan fingerprint density at radius 2 is 1.81 bits per heavy atom. The van der Waals surface area contributed by atoms with Gasteiger partial charge in [0.25, 0.3) is 5.56 Å². The zero-order valence-corrected chi connectivity index (χ0v) is 15.8. The number of nitrogens with zero attached hydrogens (tertiary/aromatic N) is 2. The van der Waals surface area contributed by atoms with Crippen molar-refractivity contribution in [1.29, 1.82) is 0 Å². The number of aromatic nitrogens is 2. The largest absolute Gasteiger partial charge is 0.372 e. The Morgan fingerprint density at radius 1 is 1.15 bits per heavy atom. The molecule has 0 atom stereocenters. The van der Waals surface area contributed by atoms with Crippen LogP contribution < -0.4 is 21.6 Å². The lowest BCUT2D eigenvalue weighted by Crippen LogP contribution is -2.28. The summed E-state index contributed by atoms with van der Waals surface area (Å²) in [6, 6.07) is 7.90. The molecule has 2 aromatic rings. The number of hydrogen-bond donors (Lipinski definition) is 3. The summed E-state index contributed by atoms with van der Waals surface area (Å²) in [7, 11) is 0. The van der Waals surface area contributed by atoms with Crippen LogP contribution in [-0.2, 0) is 11.2 Å². The molecule has 0 aliphatic rings. The Kier molecular flexibility index (Phi) is 7.10. The molecule has 1 heterocycles. The van der Waals surface area contributed by atoms with E-state index in [0.29, 0.717) is 11.3 Å². The van der Waals surface area contributed by atoms with E-state index in [1.807, 2.05) is 24.3 Å². The maximum absolute atomic E-state index is 11.9. The highest BCUT2D eigenvalue weighted by atomic mass is 16.2. The van der Waals surface area contributed by atoms with Gasteiger partial charge in [-0.2, -0.15) is 5.10 Å². The highest BCUT2D eigenvalue weighted by Crippen LogP contribution is 2.13. The summed E-state index contributed by atoms with van der Waals surface area (Å²) in [5.41, 5.74) is 4.29. The number of rotatable bonds is 8. The quantitative estimate of drug-likeness (QED) is 0.480. The molecule has 3 N–H and O–H groups in total. The number of H-pyrrole nitrogens is 2. The second kappa shape index (κ2) is 9.51. The van der Waals surface area contributed by atoms with Crippen molar-refractivity contribution < 1.29 is 4.79 Å². The number of benzene rings is 1. The first-order valence-corrected chi connectivity index (χ1v) is 8.93. The topological polar surface area (TPSA) is 110 Å². The zero-order chi connectivity index (χ0) is 19.8. The van der Waals surface area contributed by atoms with Crippen LogP contribution in [0.25, 0.3) is 0 Å². The van der Waals surface area contributed by atoms with Crippen LogP contribution in [0.2, 0.25) is 0 Å². The predicted molar refractivity (Wildman–Crippen MR) is 106 cm³/mol. The molecule has 27 heavy (non-hydrogen) atoms. The van der Waals surface area contributed by atoms with Crippen molar-refractivity contribution in [3.8, 4) is 0 Å². The van der Waals surface area contributed by atoms with Gasteiger partial charge in [0.15, 0.2) is 0 Å². The van der Waals surface area contributed by atoms with Crippen LogP contribution in [0.5, 0.6) is 0 Å². The normalized spacial score (nSPS) is 10.9. The third-order valence-electron chi connectivity index (χ3n) is 4.28. The van der Waals surface area contributed by atoms with Crippen LogP contribution in [0, 0.1) is 6.92 Å². The SMILES string of the molecule is CCN(CC)c1ccc(/C=N/NC(=O)CCc2c(C)[nH]c(=O)[nH]c2=O)cc1. The lowest BCUT2D eigenvalue weighted by atomic mass is 10.1. The maximum atomic E-state index is 11.9. The number of carbonyl (C=O) groups excluding carboxylic acids is 1. The van der Waals surface area contributed by atoms with Crippen LogP contribution in [0.3, 0.4) is 0 Å². The van der Waals surface area contributed by atoms with Crippen molar-refractivity contribution in [3.63, 3.8) is 0 Å². The first kappa shape index (κ1) is 20.2. The number of aryl methyl sites for hydroxylation is 1. The van der Waals surface area contributed by atoms with Crippen molar-refractivity contribution in [2.75, 3.05) is 18.0 Å². The van der Waals surface area contributed by atoms with Gasteiger partial charge in [0.1, 0.15) is 0 Å². The van der Waals surface area contributed by atoms with E-state index in [4.69, 9.17) is 0 Å². The third-order valence-corrected chi connectivity index (χ3v) is 4.28. The number of hydrazone groups is 1. The number of carbonyl (C=O) groups is 1. The van der Waals surface area contributed by atoms with E-state index >= 15 is 0 Å². The second-order valence-electron chi connectivity index (χ2n) is 6.07. The number of hydrogen-bond acceptors (Lipinski definition) is 5. The van der Waals surface area contributed by atoms with Gasteiger partial charge < -0.3 is 9.88 Å². The molecule has 0 radical (unpaired) electrons. The number of aromatic amines is 2. The molecule has 8 heteroatoms. The van der Waals surface area contributed by atoms with Crippen LogP contribution in [-0.4, -0.2) is 35.2 Å². The van der Waals surface area contributed by atoms with Gasteiger partial charge in [-0.3, -0.25) is 14.6 Å². The molecule has 0 aliphatic heterocycles. The minimum Gasteiger partial charge on any atom is -0.372 e. The summed E-state index contributed by atoms with van der Waals surface area (Å²) in [6.45, 7) is 7.73. The zero-order valence-electron chi connectivity index (χ0n) is 15.8. The van der Waals surface area contributed by atoms with Crippen molar-refractivity contribution in [2.45, 2.75) is 33.6 Å². The van der Waals surface area contributed by atoms with E-state index in [0.717, 1.165) is 24.3 Å². The Hall–Kier alpha value is -3.16. The van der Waals surface area contributed by atoms with Gasteiger partial charge in [-0.25, -0.2) is 10.2 Å². The molecular weight excluding hydrogens is 346 g/mol. The molecule has 2 rings (SSSR count). The Morgan fingerprint density at radius 3 is 2.41 bits per heavy atom.